The number of nitrogens with zero attached hydrogens (tertiary/aromatic N) is 3. The van der Waals surface area contributed by atoms with Gasteiger partial charge in [0.15, 0.2) is 10.8 Å². The zero-order chi connectivity index (χ0) is 13.4. The largest absolute Gasteiger partial charge is 0.353 e. The first kappa shape index (κ1) is 13.3. The van der Waals surface area contributed by atoms with Crippen molar-refractivity contribution < 1.29 is 0 Å². The molecule has 1 N–H and O–H groups in total. The molecule has 1 saturated heterocycles. The zero-order valence-corrected chi connectivity index (χ0v) is 13.2. The second-order valence-corrected chi connectivity index (χ2v) is 7.88. The molecule has 1 aliphatic heterocycles. The highest BCUT2D eigenvalue weighted by atomic mass is 32.2. The summed E-state index contributed by atoms with van der Waals surface area (Å²) in [6, 6.07) is 0. The fraction of sp³-hybridized carbons (Fsp3) is 0.615. The number of thiazole rings is 1. The van der Waals surface area contributed by atoms with Gasteiger partial charge in [-0.3, -0.25) is 4.40 Å². The topological polar surface area (TPSA) is 32.6 Å². The van der Waals surface area contributed by atoms with Crippen molar-refractivity contribution in [1.29, 1.82) is 0 Å². The van der Waals surface area contributed by atoms with E-state index in [1.807, 2.05) is 7.05 Å². The number of rotatable bonds is 3. The second kappa shape index (κ2) is 5.34. The maximum atomic E-state index is 4.84. The molecule has 1 aliphatic rings. The molecule has 2 unspecified atom stereocenters. The Morgan fingerprint density at radius 1 is 1.37 bits per heavy atom. The van der Waals surface area contributed by atoms with Crippen molar-refractivity contribution in [2.45, 2.75) is 30.9 Å². The molecule has 3 rings (SSSR count). The van der Waals surface area contributed by atoms with Gasteiger partial charge in [-0.1, -0.05) is 13.8 Å². The summed E-state index contributed by atoms with van der Waals surface area (Å²) in [4.78, 5) is 8.39. The third-order valence-corrected chi connectivity index (χ3v) is 5.39. The van der Waals surface area contributed by atoms with Gasteiger partial charge in [0.25, 0.3) is 0 Å². The minimum atomic E-state index is 0.672. The van der Waals surface area contributed by atoms with E-state index in [-0.39, 0.29) is 0 Å². The standard InChI is InChI=1S/C13H20N4S2/c1-9-7-16(8-10(2)19-9)12-11(6-14-3)17-4-5-18-13(17)15-12/h4-5,9-10,14H,6-8H2,1-3H3. The van der Waals surface area contributed by atoms with Gasteiger partial charge in [0.2, 0.25) is 0 Å². The average molecular weight is 296 g/mol. The lowest BCUT2D eigenvalue weighted by Crippen LogP contribution is -2.41. The fourth-order valence-electron chi connectivity index (χ4n) is 2.76. The zero-order valence-electron chi connectivity index (χ0n) is 11.6. The minimum absolute atomic E-state index is 0.672. The van der Waals surface area contributed by atoms with Gasteiger partial charge >= 0.3 is 0 Å². The van der Waals surface area contributed by atoms with E-state index in [1.54, 1.807) is 11.3 Å². The number of fused-ring (bicyclic) bond motifs is 1. The Morgan fingerprint density at radius 2 is 2.11 bits per heavy atom. The first-order valence-corrected chi connectivity index (χ1v) is 8.50. The molecule has 0 spiro atoms. The normalized spacial score (nSPS) is 24.3. The Bertz CT molecular complexity index is 552. The van der Waals surface area contributed by atoms with Gasteiger partial charge in [0.05, 0.1) is 5.69 Å². The molecule has 0 amide bonds. The van der Waals surface area contributed by atoms with Crippen LogP contribution in [-0.2, 0) is 6.54 Å². The van der Waals surface area contributed by atoms with Crippen LogP contribution < -0.4 is 10.2 Å². The van der Waals surface area contributed by atoms with Crippen molar-refractivity contribution in [3.8, 4) is 0 Å². The summed E-state index contributed by atoms with van der Waals surface area (Å²) in [6.07, 6.45) is 2.12. The highest BCUT2D eigenvalue weighted by Gasteiger charge is 2.26. The molecule has 4 nitrogen and oxygen atoms in total. The number of hydrogen-bond donors (Lipinski definition) is 1. The van der Waals surface area contributed by atoms with Gasteiger partial charge < -0.3 is 10.2 Å². The monoisotopic (exact) mass is 296 g/mol. The van der Waals surface area contributed by atoms with Crippen LogP contribution >= 0.6 is 23.1 Å². The average Bonchev–Trinajstić information content (AvgIpc) is 2.90. The van der Waals surface area contributed by atoms with Gasteiger partial charge in [-0.15, -0.1) is 11.3 Å². The molecule has 0 aliphatic carbocycles. The Morgan fingerprint density at radius 3 is 2.79 bits per heavy atom. The summed E-state index contributed by atoms with van der Waals surface area (Å²) in [5.41, 5.74) is 1.28. The number of thioether (sulfide) groups is 1. The lowest BCUT2D eigenvalue weighted by molar-refractivity contribution is 0.705. The molecule has 2 atom stereocenters. The number of imidazole rings is 1. The van der Waals surface area contributed by atoms with Crippen LogP contribution in [0.2, 0.25) is 0 Å². The molecule has 19 heavy (non-hydrogen) atoms. The van der Waals surface area contributed by atoms with E-state index in [0.717, 1.165) is 24.6 Å². The van der Waals surface area contributed by atoms with E-state index in [2.05, 4.69) is 51.8 Å². The van der Waals surface area contributed by atoms with E-state index in [4.69, 9.17) is 4.98 Å². The van der Waals surface area contributed by atoms with Gasteiger partial charge in [-0.05, 0) is 7.05 Å². The van der Waals surface area contributed by atoms with Crippen LogP contribution in [0.4, 0.5) is 5.82 Å². The molecular weight excluding hydrogens is 276 g/mol. The fourth-order valence-corrected chi connectivity index (χ4v) is 4.81. The van der Waals surface area contributed by atoms with E-state index in [0.29, 0.717) is 10.5 Å². The molecule has 0 saturated carbocycles. The molecular formula is C13H20N4S2. The molecule has 3 heterocycles. The summed E-state index contributed by atoms with van der Waals surface area (Å²) < 4.78 is 2.22. The molecule has 2 aromatic heterocycles. The molecule has 0 radical (unpaired) electrons. The molecule has 0 bridgehead atoms. The summed E-state index contributed by atoms with van der Waals surface area (Å²) in [7, 11) is 1.99. The highest BCUT2D eigenvalue weighted by molar-refractivity contribution is 8.00. The van der Waals surface area contributed by atoms with Crippen LogP contribution in [0.5, 0.6) is 0 Å². The quantitative estimate of drug-likeness (QED) is 0.943. The van der Waals surface area contributed by atoms with Gasteiger partial charge in [-0.25, -0.2) is 4.98 Å². The van der Waals surface area contributed by atoms with Gasteiger partial charge in [0.1, 0.15) is 0 Å². The predicted octanol–water partition coefficient (Wildman–Crippen LogP) is 2.45. The van der Waals surface area contributed by atoms with E-state index in [1.165, 1.54) is 11.5 Å². The molecule has 104 valence electrons. The minimum Gasteiger partial charge on any atom is -0.353 e. The second-order valence-electron chi connectivity index (χ2n) is 5.13. The molecule has 1 fully saturated rings. The number of aromatic nitrogens is 2. The van der Waals surface area contributed by atoms with Crippen LogP contribution in [0.3, 0.4) is 0 Å². The van der Waals surface area contributed by atoms with Crippen molar-refractivity contribution in [3.05, 3.63) is 17.3 Å². The third-order valence-electron chi connectivity index (χ3n) is 3.40. The van der Waals surface area contributed by atoms with Crippen LogP contribution in [0.25, 0.3) is 4.96 Å². The number of anilines is 1. The summed E-state index contributed by atoms with van der Waals surface area (Å²) in [5.74, 6) is 1.17. The number of nitrogens with one attached hydrogen (secondary N) is 1. The first-order valence-electron chi connectivity index (χ1n) is 6.68. The maximum absolute atomic E-state index is 4.84. The van der Waals surface area contributed by atoms with Crippen LogP contribution in [0, 0.1) is 0 Å². The number of hydrogen-bond acceptors (Lipinski definition) is 5. The first-order chi connectivity index (χ1) is 9.19. The lowest BCUT2D eigenvalue weighted by Gasteiger charge is -2.35. The summed E-state index contributed by atoms with van der Waals surface area (Å²) >= 11 is 3.78. The Labute approximate surface area is 122 Å². The van der Waals surface area contributed by atoms with Crippen LogP contribution in [0.15, 0.2) is 11.6 Å². The van der Waals surface area contributed by atoms with Crippen molar-refractivity contribution in [2.75, 3.05) is 25.0 Å². The Kier molecular flexibility index (Phi) is 3.73. The smallest absolute Gasteiger partial charge is 0.195 e. The van der Waals surface area contributed by atoms with Gasteiger partial charge in [-0.2, -0.15) is 11.8 Å². The van der Waals surface area contributed by atoms with E-state index >= 15 is 0 Å². The van der Waals surface area contributed by atoms with Crippen LogP contribution in [0.1, 0.15) is 19.5 Å². The lowest BCUT2D eigenvalue weighted by atomic mass is 10.3. The van der Waals surface area contributed by atoms with Crippen molar-refractivity contribution in [3.63, 3.8) is 0 Å². The summed E-state index contributed by atoms with van der Waals surface area (Å²) in [6.45, 7) is 7.67. The Balaban J connectivity index is 1.98. The van der Waals surface area contributed by atoms with Crippen molar-refractivity contribution >= 4 is 33.9 Å². The maximum Gasteiger partial charge on any atom is 0.195 e. The molecule has 2 aromatic rings. The Hall–Kier alpha value is -0.720. The highest BCUT2D eigenvalue weighted by Crippen LogP contribution is 2.31. The van der Waals surface area contributed by atoms with Crippen LogP contribution in [-0.4, -0.2) is 40.0 Å². The van der Waals surface area contributed by atoms with E-state index in [9.17, 15) is 0 Å². The summed E-state index contributed by atoms with van der Waals surface area (Å²) in [5, 5.41) is 6.71. The van der Waals surface area contributed by atoms with Crippen molar-refractivity contribution in [2.24, 2.45) is 0 Å². The third kappa shape index (κ3) is 2.49. The SMILES string of the molecule is CNCc1c(N2CC(C)SC(C)C2)nc2sccn12. The van der Waals surface area contributed by atoms with E-state index < -0.39 is 0 Å². The van der Waals surface area contributed by atoms with Gasteiger partial charge in [0, 0.05) is 41.7 Å². The molecule has 6 heteroatoms. The van der Waals surface area contributed by atoms with Crippen molar-refractivity contribution in [1.82, 2.24) is 14.7 Å². The molecule has 0 aromatic carbocycles. The predicted molar refractivity (Wildman–Crippen MR) is 84.6 cm³/mol.